The number of hydrazine groups is 1. The number of halogens is 1. The monoisotopic (exact) mass is 450 g/mol. The Hall–Kier alpha value is -3.25. The van der Waals surface area contributed by atoms with Crippen molar-refractivity contribution in [2.45, 2.75) is 26.3 Å². The first-order valence-corrected chi connectivity index (χ1v) is 10.9. The van der Waals surface area contributed by atoms with Crippen LogP contribution in [0.5, 0.6) is 0 Å². The minimum Gasteiger partial charge on any atom is -0.292 e. The molecule has 0 aromatic heterocycles. The third-order valence-corrected chi connectivity index (χ3v) is 6.51. The number of Topliss-reactive ketones (excluding diaryl/α,β-unsaturated/α-hetero) is 1. The topological polar surface area (TPSA) is 74.8 Å². The Kier molecular flexibility index (Phi) is 5.98. The SMILES string of the molecule is C[C@@H]1C=CC[C@@H]2C(=O)N(N(C(=O)c3ccccc3Cl)[C@H](C)C(=O)c3ccccc3)C(=O)[C@H]12. The molecule has 1 aliphatic carbocycles. The Balaban J connectivity index is 1.78. The van der Waals surface area contributed by atoms with Crippen LogP contribution in [0.1, 0.15) is 41.0 Å². The van der Waals surface area contributed by atoms with E-state index in [9.17, 15) is 19.2 Å². The van der Waals surface area contributed by atoms with Gasteiger partial charge in [-0.3, -0.25) is 19.2 Å². The van der Waals surface area contributed by atoms with Crippen molar-refractivity contribution in [1.82, 2.24) is 10.0 Å². The molecule has 4 rings (SSSR count). The molecular formula is C25H23ClN2O4. The second kappa shape index (κ2) is 8.71. The number of amides is 3. The average Bonchev–Trinajstić information content (AvgIpc) is 3.05. The van der Waals surface area contributed by atoms with Gasteiger partial charge < -0.3 is 0 Å². The lowest BCUT2D eigenvalue weighted by atomic mass is 9.78. The Morgan fingerprint density at radius 1 is 1.03 bits per heavy atom. The summed E-state index contributed by atoms with van der Waals surface area (Å²) in [6.07, 6.45) is 4.22. The number of benzene rings is 2. The Labute approximate surface area is 191 Å². The Morgan fingerprint density at radius 2 is 1.69 bits per heavy atom. The zero-order chi connectivity index (χ0) is 23.0. The molecule has 1 aliphatic heterocycles. The van der Waals surface area contributed by atoms with Gasteiger partial charge in [-0.1, -0.05) is 73.1 Å². The molecule has 32 heavy (non-hydrogen) atoms. The van der Waals surface area contributed by atoms with E-state index >= 15 is 0 Å². The summed E-state index contributed by atoms with van der Waals surface area (Å²) >= 11 is 6.26. The standard InChI is InChI=1S/C25H23ClN2O4/c1-15-9-8-13-19-21(15)25(32)28(24(19)31)27(23(30)18-12-6-7-14-20(18)26)16(2)22(29)17-10-4-3-5-11-17/h3-12,14-16,19,21H,13H2,1-2H3/t15-,16-,19+,21-/m1/s1. The van der Waals surface area contributed by atoms with Crippen molar-refractivity contribution in [2.24, 2.45) is 17.8 Å². The van der Waals surface area contributed by atoms with E-state index in [1.54, 1.807) is 48.5 Å². The largest absolute Gasteiger partial charge is 0.292 e. The van der Waals surface area contributed by atoms with Crippen LogP contribution < -0.4 is 0 Å². The van der Waals surface area contributed by atoms with Crippen molar-refractivity contribution < 1.29 is 19.2 Å². The number of carbonyl (C=O) groups excluding carboxylic acids is 4. The van der Waals surface area contributed by atoms with Crippen LogP contribution in [0.25, 0.3) is 0 Å². The van der Waals surface area contributed by atoms with E-state index in [4.69, 9.17) is 11.6 Å². The fourth-order valence-corrected chi connectivity index (χ4v) is 4.71. The molecule has 0 radical (unpaired) electrons. The normalized spacial score (nSPS) is 23.1. The van der Waals surface area contributed by atoms with Crippen LogP contribution in [0.2, 0.25) is 5.02 Å². The summed E-state index contributed by atoms with van der Waals surface area (Å²) in [5.74, 6) is -3.25. The fraction of sp³-hybridized carbons (Fsp3) is 0.280. The molecule has 2 aromatic rings. The molecule has 4 atom stereocenters. The fourth-order valence-electron chi connectivity index (χ4n) is 4.50. The van der Waals surface area contributed by atoms with Crippen LogP contribution in [-0.2, 0) is 9.59 Å². The second-order valence-corrected chi connectivity index (χ2v) is 8.59. The minimum atomic E-state index is -1.10. The molecule has 1 fully saturated rings. The van der Waals surface area contributed by atoms with Crippen molar-refractivity contribution in [1.29, 1.82) is 0 Å². The Bertz CT molecular complexity index is 1110. The van der Waals surface area contributed by atoms with Crippen LogP contribution >= 0.6 is 11.6 Å². The number of hydrogen-bond donors (Lipinski definition) is 0. The molecule has 0 spiro atoms. The van der Waals surface area contributed by atoms with Crippen molar-refractivity contribution in [3.8, 4) is 0 Å². The van der Waals surface area contributed by atoms with E-state index in [0.29, 0.717) is 12.0 Å². The molecule has 3 amide bonds. The maximum atomic E-state index is 13.6. The number of imide groups is 1. The molecule has 7 heteroatoms. The smallest absolute Gasteiger partial charge is 0.275 e. The van der Waals surface area contributed by atoms with Crippen LogP contribution in [0.3, 0.4) is 0 Å². The van der Waals surface area contributed by atoms with Crippen LogP contribution in [0.4, 0.5) is 0 Å². The molecule has 0 unspecified atom stereocenters. The highest BCUT2D eigenvalue weighted by atomic mass is 35.5. The van der Waals surface area contributed by atoms with E-state index < -0.39 is 35.6 Å². The molecule has 164 valence electrons. The number of nitrogens with zero attached hydrogens (tertiary/aromatic N) is 2. The first-order valence-electron chi connectivity index (χ1n) is 10.5. The molecule has 1 saturated heterocycles. The number of carbonyl (C=O) groups is 4. The summed E-state index contributed by atoms with van der Waals surface area (Å²) in [5, 5.41) is 2.05. The summed E-state index contributed by atoms with van der Waals surface area (Å²) in [7, 11) is 0. The van der Waals surface area contributed by atoms with Gasteiger partial charge in [0.05, 0.1) is 22.4 Å². The molecule has 0 bridgehead atoms. The summed E-state index contributed by atoms with van der Waals surface area (Å²) in [6, 6.07) is 13.8. The molecule has 1 heterocycles. The van der Waals surface area contributed by atoms with Gasteiger partial charge in [0.25, 0.3) is 17.7 Å². The highest BCUT2D eigenvalue weighted by Gasteiger charge is 2.54. The van der Waals surface area contributed by atoms with E-state index in [2.05, 4.69) is 0 Å². The Morgan fingerprint density at radius 3 is 2.34 bits per heavy atom. The van der Waals surface area contributed by atoms with Gasteiger partial charge in [0.2, 0.25) is 0 Å². The molecule has 6 nitrogen and oxygen atoms in total. The summed E-state index contributed by atoms with van der Waals surface area (Å²) in [5.41, 5.74) is 0.493. The van der Waals surface area contributed by atoms with E-state index in [-0.39, 0.29) is 22.3 Å². The van der Waals surface area contributed by atoms with E-state index in [1.807, 2.05) is 19.1 Å². The molecule has 0 saturated carbocycles. The maximum absolute atomic E-state index is 13.6. The highest BCUT2D eigenvalue weighted by Crippen LogP contribution is 2.40. The average molecular weight is 451 g/mol. The summed E-state index contributed by atoms with van der Waals surface area (Å²) in [4.78, 5) is 53.7. The lowest BCUT2D eigenvalue weighted by molar-refractivity contribution is -0.156. The lowest BCUT2D eigenvalue weighted by Gasteiger charge is -2.35. The first kappa shape index (κ1) is 22.0. The molecule has 2 aromatic carbocycles. The zero-order valence-corrected chi connectivity index (χ0v) is 18.5. The summed E-state index contributed by atoms with van der Waals surface area (Å²) in [6.45, 7) is 3.40. The predicted octanol–water partition coefficient (Wildman–Crippen LogP) is 4.17. The van der Waals surface area contributed by atoms with Gasteiger partial charge >= 0.3 is 0 Å². The molecule has 2 aliphatic rings. The number of rotatable bonds is 5. The van der Waals surface area contributed by atoms with Crippen molar-refractivity contribution >= 4 is 35.1 Å². The zero-order valence-electron chi connectivity index (χ0n) is 17.8. The van der Waals surface area contributed by atoms with Gasteiger partial charge in [-0.2, -0.15) is 5.01 Å². The van der Waals surface area contributed by atoms with Crippen LogP contribution in [-0.4, -0.2) is 39.6 Å². The second-order valence-electron chi connectivity index (χ2n) is 8.18. The molecular weight excluding hydrogens is 428 g/mol. The first-order chi connectivity index (χ1) is 15.3. The van der Waals surface area contributed by atoms with Crippen molar-refractivity contribution in [2.75, 3.05) is 0 Å². The number of hydrogen-bond acceptors (Lipinski definition) is 4. The van der Waals surface area contributed by atoms with Gasteiger partial charge in [-0.25, -0.2) is 5.01 Å². The predicted molar refractivity (Wildman–Crippen MR) is 120 cm³/mol. The number of ketones is 1. The van der Waals surface area contributed by atoms with Gasteiger partial charge in [-0.15, -0.1) is 0 Å². The summed E-state index contributed by atoms with van der Waals surface area (Å²) < 4.78 is 0. The van der Waals surface area contributed by atoms with Gasteiger partial charge in [-0.05, 0) is 31.4 Å². The van der Waals surface area contributed by atoms with Crippen molar-refractivity contribution in [3.05, 3.63) is 82.9 Å². The minimum absolute atomic E-state index is 0.114. The van der Waals surface area contributed by atoms with Crippen molar-refractivity contribution in [3.63, 3.8) is 0 Å². The third kappa shape index (κ3) is 3.65. The maximum Gasteiger partial charge on any atom is 0.275 e. The number of allylic oxidation sites excluding steroid dienone is 2. The quantitative estimate of drug-likeness (QED) is 0.389. The van der Waals surface area contributed by atoms with Crippen LogP contribution in [0.15, 0.2) is 66.7 Å². The van der Waals surface area contributed by atoms with E-state index in [1.165, 1.54) is 13.0 Å². The highest BCUT2D eigenvalue weighted by molar-refractivity contribution is 6.34. The van der Waals surface area contributed by atoms with Gasteiger partial charge in [0, 0.05) is 5.56 Å². The van der Waals surface area contributed by atoms with Gasteiger partial charge in [0.1, 0.15) is 6.04 Å². The lowest BCUT2D eigenvalue weighted by Crippen LogP contribution is -2.56. The van der Waals surface area contributed by atoms with E-state index in [0.717, 1.165) is 10.0 Å². The number of fused-ring (bicyclic) bond motifs is 1. The molecule has 0 N–H and O–H groups in total. The third-order valence-electron chi connectivity index (χ3n) is 6.18. The van der Waals surface area contributed by atoms with Crippen LogP contribution in [0, 0.1) is 17.8 Å². The van der Waals surface area contributed by atoms with Gasteiger partial charge in [0.15, 0.2) is 5.78 Å².